The van der Waals surface area contributed by atoms with Gasteiger partial charge in [-0.1, -0.05) is 25.3 Å². The van der Waals surface area contributed by atoms with E-state index in [9.17, 15) is 4.79 Å². The highest BCUT2D eigenvalue weighted by Crippen LogP contribution is 2.50. The minimum atomic E-state index is -0.137. The molecule has 1 saturated carbocycles. The number of carbonyl (C=O) groups excluding carboxylic acids is 1. The van der Waals surface area contributed by atoms with Crippen molar-refractivity contribution in [3.05, 3.63) is 46.5 Å². The molecule has 5 rings (SSSR count). The number of hydrogen-bond acceptors (Lipinski definition) is 6. The summed E-state index contributed by atoms with van der Waals surface area (Å²) in [6.45, 7) is 1.79. The Bertz CT molecular complexity index is 1040. The summed E-state index contributed by atoms with van der Waals surface area (Å²) in [4.78, 5) is 15.7. The third-order valence-corrected chi connectivity index (χ3v) is 7.53. The standard InChI is InChI=1S/C27H33NO5/c1-30-21-10-9-18-14-22-24-19(11-12-28(22)16-20(18)13-21)15-23(31-2)25(32-3)26(24)33-27(29)17-7-5-4-6-8-17/h9-10,13,15,17,22H,4-8,11-12,14,16H2,1-3H3. The molecule has 0 bridgehead atoms. The largest absolute Gasteiger partial charge is 0.497 e. The zero-order chi connectivity index (χ0) is 22.9. The van der Waals surface area contributed by atoms with E-state index in [1.54, 1.807) is 21.3 Å². The zero-order valence-corrected chi connectivity index (χ0v) is 19.8. The van der Waals surface area contributed by atoms with Crippen LogP contribution in [-0.4, -0.2) is 38.7 Å². The molecular weight excluding hydrogens is 418 g/mol. The van der Waals surface area contributed by atoms with Crippen LogP contribution < -0.4 is 18.9 Å². The van der Waals surface area contributed by atoms with Crippen LogP contribution in [0.2, 0.25) is 0 Å². The Morgan fingerprint density at radius 3 is 2.45 bits per heavy atom. The molecule has 2 aromatic carbocycles. The lowest BCUT2D eigenvalue weighted by molar-refractivity contribution is -0.140. The summed E-state index contributed by atoms with van der Waals surface area (Å²) >= 11 is 0. The second-order valence-electron chi connectivity index (χ2n) is 9.35. The molecule has 176 valence electrons. The fraction of sp³-hybridized carbons (Fsp3) is 0.519. The Kier molecular flexibility index (Phi) is 6.19. The van der Waals surface area contributed by atoms with Gasteiger partial charge in [0, 0.05) is 24.7 Å². The maximum atomic E-state index is 13.2. The minimum absolute atomic E-state index is 0.0375. The number of fused-ring (bicyclic) bond motifs is 4. The molecule has 1 unspecified atom stereocenters. The average Bonchev–Trinajstić information content (AvgIpc) is 2.86. The molecule has 0 amide bonds. The van der Waals surface area contributed by atoms with E-state index in [0.717, 1.165) is 62.9 Å². The van der Waals surface area contributed by atoms with Crippen LogP contribution in [0.4, 0.5) is 0 Å². The molecule has 0 saturated heterocycles. The van der Waals surface area contributed by atoms with Crippen LogP contribution in [-0.2, 0) is 24.2 Å². The fourth-order valence-corrected chi connectivity index (χ4v) is 5.75. The third-order valence-electron chi connectivity index (χ3n) is 7.53. The van der Waals surface area contributed by atoms with E-state index in [-0.39, 0.29) is 17.9 Å². The lowest BCUT2D eigenvalue weighted by atomic mass is 9.83. The molecule has 2 aromatic rings. The summed E-state index contributed by atoms with van der Waals surface area (Å²) in [5, 5.41) is 0. The van der Waals surface area contributed by atoms with Crippen LogP contribution in [0.15, 0.2) is 24.3 Å². The molecule has 0 N–H and O–H groups in total. The van der Waals surface area contributed by atoms with Gasteiger partial charge < -0.3 is 18.9 Å². The van der Waals surface area contributed by atoms with Crippen LogP contribution in [0.3, 0.4) is 0 Å². The Hall–Kier alpha value is -2.73. The Morgan fingerprint density at radius 1 is 0.909 bits per heavy atom. The third kappa shape index (κ3) is 4.05. The lowest BCUT2D eigenvalue weighted by Crippen LogP contribution is -2.40. The van der Waals surface area contributed by atoms with E-state index < -0.39 is 0 Å². The fourth-order valence-electron chi connectivity index (χ4n) is 5.75. The van der Waals surface area contributed by atoms with Crippen molar-refractivity contribution in [3.63, 3.8) is 0 Å². The van der Waals surface area contributed by atoms with Crippen molar-refractivity contribution in [1.82, 2.24) is 4.90 Å². The SMILES string of the molecule is COc1ccc2c(c1)CN1CCc3cc(OC)c(OC)c(OC(=O)C4CCCCC4)c3C1C2. The monoisotopic (exact) mass is 451 g/mol. The summed E-state index contributed by atoms with van der Waals surface area (Å²) in [6.07, 6.45) is 6.90. The van der Waals surface area contributed by atoms with Gasteiger partial charge in [0.2, 0.25) is 5.75 Å². The first-order valence-electron chi connectivity index (χ1n) is 12.0. The topological polar surface area (TPSA) is 57.2 Å². The Labute approximate surface area is 195 Å². The van der Waals surface area contributed by atoms with Gasteiger partial charge in [-0.15, -0.1) is 0 Å². The molecule has 33 heavy (non-hydrogen) atoms. The quantitative estimate of drug-likeness (QED) is 0.478. The van der Waals surface area contributed by atoms with Gasteiger partial charge in [0.25, 0.3) is 0 Å². The first kappa shape index (κ1) is 22.1. The normalized spacial score (nSPS) is 20.3. The van der Waals surface area contributed by atoms with Gasteiger partial charge in [-0.05, 0) is 60.6 Å². The van der Waals surface area contributed by atoms with E-state index in [2.05, 4.69) is 23.1 Å². The number of esters is 1. The van der Waals surface area contributed by atoms with E-state index in [4.69, 9.17) is 18.9 Å². The molecule has 0 radical (unpaired) electrons. The van der Waals surface area contributed by atoms with Crippen molar-refractivity contribution in [2.24, 2.45) is 5.92 Å². The van der Waals surface area contributed by atoms with Gasteiger partial charge >= 0.3 is 5.97 Å². The van der Waals surface area contributed by atoms with E-state index >= 15 is 0 Å². The lowest BCUT2D eigenvalue weighted by Gasteiger charge is -2.42. The summed E-state index contributed by atoms with van der Waals surface area (Å²) in [7, 11) is 4.96. The number of benzene rings is 2. The summed E-state index contributed by atoms with van der Waals surface area (Å²) in [5.41, 5.74) is 4.86. The highest BCUT2D eigenvalue weighted by molar-refractivity contribution is 5.78. The molecule has 1 fully saturated rings. The van der Waals surface area contributed by atoms with E-state index in [0.29, 0.717) is 17.2 Å². The van der Waals surface area contributed by atoms with Gasteiger partial charge in [-0.3, -0.25) is 9.69 Å². The van der Waals surface area contributed by atoms with Crippen LogP contribution in [0.5, 0.6) is 23.0 Å². The first-order valence-corrected chi connectivity index (χ1v) is 12.0. The summed E-state index contributed by atoms with van der Waals surface area (Å²) in [5.74, 6) is 2.40. The van der Waals surface area contributed by atoms with Crippen molar-refractivity contribution in [2.75, 3.05) is 27.9 Å². The van der Waals surface area contributed by atoms with Gasteiger partial charge in [0.15, 0.2) is 11.5 Å². The molecule has 0 aromatic heterocycles. The van der Waals surface area contributed by atoms with Gasteiger partial charge in [0.05, 0.1) is 27.2 Å². The smallest absolute Gasteiger partial charge is 0.314 e. The molecule has 1 aliphatic carbocycles. The highest BCUT2D eigenvalue weighted by atomic mass is 16.6. The molecular formula is C27H33NO5. The summed E-state index contributed by atoms with van der Waals surface area (Å²) in [6, 6.07) is 8.52. The van der Waals surface area contributed by atoms with Gasteiger partial charge in [0.1, 0.15) is 5.75 Å². The van der Waals surface area contributed by atoms with Crippen molar-refractivity contribution in [3.8, 4) is 23.0 Å². The molecule has 3 aliphatic rings. The molecule has 0 spiro atoms. The van der Waals surface area contributed by atoms with Crippen LogP contribution in [0.25, 0.3) is 0 Å². The predicted molar refractivity (Wildman–Crippen MR) is 125 cm³/mol. The number of rotatable bonds is 5. The van der Waals surface area contributed by atoms with Crippen molar-refractivity contribution >= 4 is 5.97 Å². The molecule has 1 atom stereocenters. The van der Waals surface area contributed by atoms with Gasteiger partial charge in [-0.25, -0.2) is 0 Å². The molecule has 6 nitrogen and oxygen atoms in total. The average molecular weight is 452 g/mol. The Morgan fingerprint density at radius 2 is 1.73 bits per heavy atom. The van der Waals surface area contributed by atoms with Gasteiger partial charge in [-0.2, -0.15) is 0 Å². The second-order valence-corrected chi connectivity index (χ2v) is 9.35. The van der Waals surface area contributed by atoms with Crippen LogP contribution in [0.1, 0.15) is 60.4 Å². The molecule has 6 heteroatoms. The van der Waals surface area contributed by atoms with E-state index in [1.807, 2.05) is 6.07 Å². The molecule has 2 aliphatic heterocycles. The maximum absolute atomic E-state index is 13.2. The number of hydrogen-bond donors (Lipinski definition) is 0. The summed E-state index contributed by atoms with van der Waals surface area (Å²) < 4.78 is 23.1. The minimum Gasteiger partial charge on any atom is -0.497 e. The number of ether oxygens (including phenoxy) is 4. The maximum Gasteiger partial charge on any atom is 0.314 e. The first-order chi connectivity index (χ1) is 16.1. The molecule has 2 heterocycles. The number of nitrogens with zero attached hydrogens (tertiary/aromatic N) is 1. The number of methoxy groups -OCH3 is 3. The predicted octanol–water partition coefficient (Wildman–Crippen LogP) is 4.85. The zero-order valence-electron chi connectivity index (χ0n) is 19.8. The Balaban J connectivity index is 1.56. The second kappa shape index (κ2) is 9.26. The highest BCUT2D eigenvalue weighted by Gasteiger charge is 2.38. The van der Waals surface area contributed by atoms with Crippen LogP contribution in [0, 0.1) is 5.92 Å². The number of carbonyl (C=O) groups is 1. The van der Waals surface area contributed by atoms with Crippen molar-refractivity contribution < 1.29 is 23.7 Å². The van der Waals surface area contributed by atoms with Crippen LogP contribution >= 0.6 is 0 Å². The van der Waals surface area contributed by atoms with Crippen molar-refractivity contribution in [1.29, 1.82) is 0 Å². The van der Waals surface area contributed by atoms with E-state index in [1.165, 1.54) is 23.1 Å². The van der Waals surface area contributed by atoms with Crippen molar-refractivity contribution in [2.45, 2.75) is 57.5 Å².